The van der Waals surface area contributed by atoms with E-state index in [1.807, 2.05) is 6.07 Å². The average Bonchev–Trinajstić information content (AvgIpc) is 3.02. The van der Waals surface area contributed by atoms with Crippen LogP contribution >= 0.6 is 0 Å². The quantitative estimate of drug-likeness (QED) is 0.826. The summed E-state index contributed by atoms with van der Waals surface area (Å²) in [5.41, 5.74) is 2.24. The van der Waals surface area contributed by atoms with Crippen LogP contribution in [-0.2, 0) is 18.3 Å². The van der Waals surface area contributed by atoms with E-state index in [0.717, 1.165) is 32.0 Å². The minimum Gasteiger partial charge on any atom is -0.378 e. The van der Waals surface area contributed by atoms with E-state index in [2.05, 4.69) is 40.0 Å². The Balaban J connectivity index is 1.80. The van der Waals surface area contributed by atoms with E-state index < -0.39 is 0 Å². The van der Waals surface area contributed by atoms with E-state index in [4.69, 9.17) is 9.26 Å². The summed E-state index contributed by atoms with van der Waals surface area (Å²) in [6, 6.07) is 6.42. The van der Waals surface area contributed by atoms with Crippen molar-refractivity contribution < 1.29 is 9.26 Å². The largest absolute Gasteiger partial charge is 0.378 e. The Morgan fingerprint density at radius 2 is 2.39 bits per heavy atom. The molecule has 2 aromatic heterocycles. The van der Waals surface area contributed by atoms with Gasteiger partial charge in [0, 0.05) is 38.1 Å². The van der Waals surface area contributed by atoms with Crippen LogP contribution in [0.25, 0.3) is 0 Å². The molecule has 0 amide bonds. The summed E-state index contributed by atoms with van der Waals surface area (Å²) in [7, 11) is 2.07. The number of rotatable bonds is 3. The second-order valence-electron chi connectivity index (χ2n) is 4.60. The summed E-state index contributed by atoms with van der Waals surface area (Å²) in [5.74, 6) is 0. The van der Waals surface area contributed by atoms with E-state index in [0.29, 0.717) is 0 Å². The second-order valence-corrected chi connectivity index (χ2v) is 4.60. The molecule has 1 fully saturated rings. The molecule has 0 aromatic carbocycles. The summed E-state index contributed by atoms with van der Waals surface area (Å²) >= 11 is 0. The molecule has 1 unspecified atom stereocenters. The molecule has 5 heteroatoms. The topological polar surface area (TPSA) is 43.4 Å². The van der Waals surface area contributed by atoms with Gasteiger partial charge in [-0.3, -0.25) is 4.90 Å². The zero-order chi connectivity index (χ0) is 12.4. The zero-order valence-electron chi connectivity index (χ0n) is 10.5. The van der Waals surface area contributed by atoms with Gasteiger partial charge in [-0.2, -0.15) is 0 Å². The van der Waals surface area contributed by atoms with Crippen LogP contribution in [0.2, 0.25) is 0 Å². The summed E-state index contributed by atoms with van der Waals surface area (Å²) in [5, 5.41) is 3.98. The molecule has 0 spiro atoms. The first-order valence-corrected chi connectivity index (χ1v) is 6.17. The summed E-state index contributed by atoms with van der Waals surface area (Å²) in [6.07, 6.45) is 3.69. The Bertz CT molecular complexity index is 492. The maximum absolute atomic E-state index is 5.61. The number of morpholine rings is 1. The Kier molecular flexibility index (Phi) is 3.17. The van der Waals surface area contributed by atoms with Crippen molar-refractivity contribution >= 4 is 0 Å². The number of hydrogen-bond acceptors (Lipinski definition) is 4. The van der Waals surface area contributed by atoms with Crippen molar-refractivity contribution in [3.8, 4) is 0 Å². The van der Waals surface area contributed by atoms with Crippen molar-refractivity contribution in [2.24, 2.45) is 7.05 Å². The first-order valence-electron chi connectivity index (χ1n) is 6.17. The van der Waals surface area contributed by atoms with E-state index in [-0.39, 0.29) is 6.04 Å². The van der Waals surface area contributed by atoms with Crippen LogP contribution in [0.1, 0.15) is 17.4 Å². The van der Waals surface area contributed by atoms with Gasteiger partial charge in [0.2, 0.25) is 0 Å². The van der Waals surface area contributed by atoms with Crippen molar-refractivity contribution in [3.05, 3.63) is 42.0 Å². The van der Waals surface area contributed by atoms with Crippen LogP contribution in [0, 0.1) is 0 Å². The molecule has 3 rings (SSSR count). The third-order valence-corrected chi connectivity index (χ3v) is 3.42. The van der Waals surface area contributed by atoms with E-state index >= 15 is 0 Å². The molecule has 1 atom stereocenters. The van der Waals surface area contributed by atoms with Gasteiger partial charge in [-0.15, -0.1) is 0 Å². The minimum atomic E-state index is 0.287. The van der Waals surface area contributed by atoms with Crippen molar-refractivity contribution in [1.82, 2.24) is 14.6 Å². The SMILES string of the molecule is Cn1cccc1C1COCCN1Cc1ccon1. The lowest BCUT2D eigenvalue weighted by molar-refractivity contribution is -0.0160. The van der Waals surface area contributed by atoms with Gasteiger partial charge in [-0.25, -0.2) is 0 Å². The Morgan fingerprint density at radius 3 is 3.11 bits per heavy atom. The molecule has 0 N–H and O–H groups in total. The molecule has 0 radical (unpaired) electrons. The maximum atomic E-state index is 5.61. The normalized spacial score (nSPS) is 21.3. The van der Waals surface area contributed by atoms with Gasteiger partial charge in [-0.1, -0.05) is 5.16 Å². The highest BCUT2D eigenvalue weighted by Gasteiger charge is 2.26. The Hall–Kier alpha value is -1.59. The van der Waals surface area contributed by atoms with Gasteiger partial charge in [0.1, 0.15) is 6.26 Å². The lowest BCUT2D eigenvalue weighted by atomic mass is 10.1. The summed E-state index contributed by atoms with van der Waals surface area (Å²) < 4.78 is 12.7. The van der Waals surface area contributed by atoms with Crippen LogP contribution in [0.5, 0.6) is 0 Å². The number of hydrogen-bond donors (Lipinski definition) is 0. The Labute approximate surface area is 106 Å². The van der Waals surface area contributed by atoms with Crippen molar-refractivity contribution in [2.45, 2.75) is 12.6 Å². The van der Waals surface area contributed by atoms with E-state index in [1.165, 1.54) is 5.69 Å². The van der Waals surface area contributed by atoms with Crippen LogP contribution in [0.3, 0.4) is 0 Å². The summed E-state index contributed by atoms with van der Waals surface area (Å²) in [6.45, 7) is 3.23. The van der Waals surface area contributed by atoms with Gasteiger partial charge >= 0.3 is 0 Å². The highest BCUT2D eigenvalue weighted by molar-refractivity contribution is 5.13. The second kappa shape index (κ2) is 4.96. The molecule has 96 valence electrons. The molecular weight excluding hydrogens is 230 g/mol. The maximum Gasteiger partial charge on any atom is 0.124 e. The summed E-state index contributed by atoms with van der Waals surface area (Å²) in [4.78, 5) is 2.39. The zero-order valence-corrected chi connectivity index (χ0v) is 10.5. The molecule has 0 saturated carbocycles. The molecule has 1 aliphatic rings. The van der Waals surface area contributed by atoms with Crippen molar-refractivity contribution in [1.29, 1.82) is 0 Å². The predicted molar refractivity (Wildman–Crippen MR) is 65.9 cm³/mol. The van der Waals surface area contributed by atoms with Crippen LogP contribution < -0.4 is 0 Å². The fraction of sp³-hybridized carbons (Fsp3) is 0.462. The predicted octanol–water partition coefficient (Wildman–Crippen LogP) is 1.59. The lowest BCUT2D eigenvalue weighted by Crippen LogP contribution is -2.39. The van der Waals surface area contributed by atoms with Gasteiger partial charge in [0.15, 0.2) is 0 Å². The first-order chi connectivity index (χ1) is 8.84. The monoisotopic (exact) mass is 247 g/mol. The number of aromatic nitrogens is 2. The lowest BCUT2D eigenvalue weighted by Gasteiger charge is -2.35. The number of ether oxygens (including phenoxy) is 1. The van der Waals surface area contributed by atoms with E-state index in [9.17, 15) is 0 Å². The van der Waals surface area contributed by atoms with E-state index in [1.54, 1.807) is 6.26 Å². The highest BCUT2D eigenvalue weighted by atomic mass is 16.5. The molecule has 0 bridgehead atoms. The van der Waals surface area contributed by atoms with Gasteiger partial charge in [-0.05, 0) is 12.1 Å². The third-order valence-electron chi connectivity index (χ3n) is 3.42. The van der Waals surface area contributed by atoms with Crippen molar-refractivity contribution in [3.63, 3.8) is 0 Å². The standard InChI is InChI=1S/C13H17N3O2/c1-15-5-2-3-12(15)13-10-17-8-6-16(13)9-11-4-7-18-14-11/h2-5,7,13H,6,8-10H2,1H3. The molecule has 1 saturated heterocycles. The van der Waals surface area contributed by atoms with Gasteiger partial charge in [0.25, 0.3) is 0 Å². The fourth-order valence-corrected chi connectivity index (χ4v) is 2.45. The van der Waals surface area contributed by atoms with Crippen LogP contribution in [0.15, 0.2) is 35.2 Å². The number of nitrogens with zero attached hydrogens (tertiary/aromatic N) is 3. The van der Waals surface area contributed by atoms with Crippen LogP contribution in [0.4, 0.5) is 0 Å². The van der Waals surface area contributed by atoms with Gasteiger partial charge in [0.05, 0.1) is 24.9 Å². The molecule has 0 aliphatic carbocycles. The smallest absolute Gasteiger partial charge is 0.124 e. The highest BCUT2D eigenvalue weighted by Crippen LogP contribution is 2.25. The third kappa shape index (κ3) is 2.19. The minimum absolute atomic E-state index is 0.287. The molecule has 5 nitrogen and oxygen atoms in total. The average molecular weight is 247 g/mol. The fourth-order valence-electron chi connectivity index (χ4n) is 2.45. The first kappa shape index (κ1) is 11.5. The molecule has 3 heterocycles. The van der Waals surface area contributed by atoms with Gasteiger partial charge < -0.3 is 13.8 Å². The number of aryl methyl sites for hydroxylation is 1. The molecular formula is C13H17N3O2. The van der Waals surface area contributed by atoms with Crippen LogP contribution in [-0.4, -0.2) is 34.4 Å². The molecule has 18 heavy (non-hydrogen) atoms. The Morgan fingerprint density at radius 1 is 1.44 bits per heavy atom. The molecule has 1 aliphatic heterocycles. The molecule has 2 aromatic rings. The van der Waals surface area contributed by atoms with Crippen molar-refractivity contribution in [2.75, 3.05) is 19.8 Å².